The average molecular weight is 681 g/mol. The van der Waals surface area contributed by atoms with Gasteiger partial charge in [-0.15, -0.1) is 0 Å². The number of hydrogen-bond acceptors (Lipinski definition) is 0. The van der Waals surface area contributed by atoms with Crippen molar-refractivity contribution >= 4 is 97.0 Å². The van der Waals surface area contributed by atoms with Gasteiger partial charge in [0.15, 0.2) is 0 Å². The Morgan fingerprint density at radius 1 is 0.208 bits per heavy atom. The summed E-state index contributed by atoms with van der Waals surface area (Å²) in [6.07, 6.45) is 0. The molecule has 53 heavy (non-hydrogen) atoms. The van der Waals surface area contributed by atoms with Gasteiger partial charge in [0.05, 0.1) is 0 Å². The minimum Gasteiger partial charge on any atom is -0.0683 e. The van der Waals surface area contributed by atoms with Crippen molar-refractivity contribution in [1.29, 1.82) is 0 Å². The Labute approximate surface area is 311 Å². The molecule has 0 amide bonds. The number of benzene rings is 12. The van der Waals surface area contributed by atoms with Gasteiger partial charge in [-0.2, -0.15) is 0 Å². The van der Waals surface area contributed by atoms with Crippen molar-refractivity contribution in [3.05, 3.63) is 181 Å². The molecule has 256 valence electrons. The van der Waals surface area contributed by atoms with Crippen molar-refractivity contribution in [2.24, 2.45) is 0 Å². The first kappa shape index (κ1) is 33.9. The maximum absolute atomic E-state index is 2.25. The van der Waals surface area contributed by atoms with Crippen LogP contribution in [0.25, 0.3) is 97.0 Å². The highest BCUT2D eigenvalue weighted by molar-refractivity contribution is 6.25. The average Bonchev–Trinajstić information content (AvgIpc) is 3.24. The Morgan fingerprint density at radius 3 is 0.660 bits per heavy atom. The van der Waals surface area contributed by atoms with E-state index in [0.29, 0.717) is 0 Å². The molecule has 12 aromatic carbocycles. The zero-order chi connectivity index (χ0) is 36.5. The van der Waals surface area contributed by atoms with Crippen LogP contribution in [-0.2, 0) is 0 Å². The standard InChI is InChI=1S/C17H12.2C16H10.2C2H6/c1-11-5-6-14-8-7-12-3-2-4-13-9-10-15(11)17(14)16(12)13;2*1-3-11-7-9-13-5-2-6-14-10-8-12(4-1)15(11)16(13)14;2*1-2/h2-10H,1H3;2*1-10H;2*1-2H3. The van der Waals surface area contributed by atoms with Gasteiger partial charge in [-0.1, -0.05) is 204 Å². The first-order chi connectivity index (χ1) is 26.2. The van der Waals surface area contributed by atoms with Crippen LogP contribution >= 0.6 is 0 Å². The Bertz CT molecular complexity index is 2690. The topological polar surface area (TPSA) is 0 Å². The molecule has 0 aliphatic carbocycles. The molecule has 0 fully saturated rings. The molecule has 0 heteroatoms. The molecule has 0 nitrogen and oxygen atoms in total. The zero-order valence-electron chi connectivity index (χ0n) is 31.2. The van der Waals surface area contributed by atoms with E-state index < -0.39 is 0 Å². The normalized spacial score (nSPS) is 11.1. The van der Waals surface area contributed by atoms with E-state index in [-0.39, 0.29) is 0 Å². The van der Waals surface area contributed by atoms with E-state index in [0.717, 1.165) is 0 Å². The molecule has 12 rings (SSSR count). The van der Waals surface area contributed by atoms with Crippen molar-refractivity contribution in [2.75, 3.05) is 0 Å². The molecule has 0 bridgehead atoms. The van der Waals surface area contributed by atoms with Crippen molar-refractivity contribution in [3.8, 4) is 0 Å². The predicted octanol–water partition coefficient (Wildman–Crippen LogP) is 16.1. The summed E-state index contributed by atoms with van der Waals surface area (Å²) in [5.74, 6) is 0. The summed E-state index contributed by atoms with van der Waals surface area (Å²) < 4.78 is 0. The highest BCUT2D eigenvalue weighted by Gasteiger charge is 2.09. The van der Waals surface area contributed by atoms with Crippen LogP contribution in [0.4, 0.5) is 0 Å². The lowest BCUT2D eigenvalue weighted by molar-refractivity contribution is 1.50. The van der Waals surface area contributed by atoms with Crippen LogP contribution in [0, 0.1) is 6.92 Å². The van der Waals surface area contributed by atoms with Crippen molar-refractivity contribution in [2.45, 2.75) is 34.6 Å². The van der Waals surface area contributed by atoms with Gasteiger partial charge < -0.3 is 0 Å². The second kappa shape index (κ2) is 14.4. The Kier molecular flexibility index (Phi) is 9.21. The number of aryl methyl sites for hydroxylation is 1. The molecule has 0 N–H and O–H groups in total. The molecule has 0 atom stereocenters. The monoisotopic (exact) mass is 680 g/mol. The SMILES string of the molecule is CC.CC.Cc1ccc2ccc3cccc4ccc1c2c34.c1cc2ccc3cccc4ccc(c1)c2c34.c1cc2ccc3cccc4ccc(c1)c2c34. The second-order valence-corrected chi connectivity index (χ2v) is 13.3. The van der Waals surface area contributed by atoms with Crippen molar-refractivity contribution in [3.63, 3.8) is 0 Å². The van der Waals surface area contributed by atoms with Gasteiger partial charge in [-0.05, 0) is 109 Å². The van der Waals surface area contributed by atoms with E-state index >= 15 is 0 Å². The summed E-state index contributed by atoms with van der Waals surface area (Å²) in [6.45, 7) is 10.2. The maximum Gasteiger partial charge on any atom is -0.00241 e. The van der Waals surface area contributed by atoms with Crippen LogP contribution in [0.2, 0.25) is 0 Å². The molecule has 0 saturated heterocycles. The first-order valence-electron chi connectivity index (χ1n) is 19.1. The van der Waals surface area contributed by atoms with E-state index in [4.69, 9.17) is 0 Å². The summed E-state index contributed by atoms with van der Waals surface area (Å²) in [4.78, 5) is 0. The van der Waals surface area contributed by atoms with Crippen LogP contribution in [0.3, 0.4) is 0 Å². The summed E-state index contributed by atoms with van der Waals surface area (Å²) in [5, 5.41) is 24.5. The quantitative estimate of drug-likeness (QED) is 0.140. The lowest BCUT2D eigenvalue weighted by Crippen LogP contribution is -1.85. The van der Waals surface area contributed by atoms with Crippen molar-refractivity contribution in [1.82, 2.24) is 0 Å². The van der Waals surface area contributed by atoms with Gasteiger partial charge in [0.1, 0.15) is 0 Å². The van der Waals surface area contributed by atoms with Gasteiger partial charge >= 0.3 is 0 Å². The molecular weight excluding hydrogens is 637 g/mol. The predicted molar refractivity (Wildman–Crippen MR) is 238 cm³/mol. The lowest BCUT2D eigenvalue weighted by Gasteiger charge is -2.11. The largest absolute Gasteiger partial charge is 0.0683 e. The molecule has 0 spiro atoms. The van der Waals surface area contributed by atoms with Crippen LogP contribution in [0.15, 0.2) is 176 Å². The fourth-order valence-corrected chi connectivity index (χ4v) is 8.22. The van der Waals surface area contributed by atoms with E-state index in [1.54, 1.807) is 0 Å². The Morgan fingerprint density at radius 2 is 0.396 bits per heavy atom. The first-order valence-corrected chi connectivity index (χ1v) is 19.1. The van der Waals surface area contributed by atoms with Gasteiger partial charge in [0.25, 0.3) is 0 Å². The summed E-state index contributed by atoms with van der Waals surface area (Å²) in [6, 6.07) is 63.6. The van der Waals surface area contributed by atoms with Gasteiger partial charge in [0, 0.05) is 0 Å². The molecule has 0 aliphatic rings. The van der Waals surface area contributed by atoms with Gasteiger partial charge in [-0.25, -0.2) is 0 Å². The third-order valence-corrected chi connectivity index (χ3v) is 10.5. The minimum absolute atomic E-state index is 1.34. The van der Waals surface area contributed by atoms with Gasteiger partial charge in [-0.3, -0.25) is 0 Å². The second-order valence-electron chi connectivity index (χ2n) is 13.3. The highest BCUT2D eigenvalue weighted by Crippen LogP contribution is 2.37. The lowest BCUT2D eigenvalue weighted by atomic mass is 9.92. The van der Waals surface area contributed by atoms with Crippen LogP contribution in [0.1, 0.15) is 33.3 Å². The Hall–Kier alpha value is -6.24. The molecular formula is C53H44. The maximum atomic E-state index is 2.25. The number of rotatable bonds is 0. The zero-order valence-corrected chi connectivity index (χ0v) is 31.2. The third kappa shape index (κ3) is 5.81. The summed E-state index contributed by atoms with van der Waals surface area (Å²) in [7, 11) is 0. The van der Waals surface area contributed by atoms with E-state index in [2.05, 4.69) is 183 Å². The van der Waals surface area contributed by atoms with Crippen LogP contribution < -0.4 is 0 Å². The Balaban J connectivity index is 0.000000108. The smallest absolute Gasteiger partial charge is 0.00241 e. The fraction of sp³-hybridized carbons (Fsp3) is 0.0943. The molecule has 12 aromatic rings. The van der Waals surface area contributed by atoms with E-state index in [9.17, 15) is 0 Å². The molecule has 0 aliphatic heterocycles. The molecule has 0 radical (unpaired) electrons. The minimum atomic E-state index is 1.34. The summed E-state index contributed by atoms with van der Waals surface area (Å²) in [5.41, 5.74) is 1.36. The third-order valence-electron chi connectivity index (χ3n) is 10.5. The van der Waals surface area contributed by atoms with Crippen LogP contribution in [-0.4, -0.2) is 0 Å². The van der Waals surface area contributed by atoms with E-state index in [1.807, 2.05) is 27.7 Å². The molecule has 0 aromatic heterocycles. The molecule has 0 saturated carbocycles. The van der Waals surface area contributed by atoms with E-state index in [1.165, 1.54) is 103 Å². The highest BCUT2D eigenvalue weighted by atomic mass is 14.1. The van der Waals surface area contributed by atoms with Crippen molar-refractivity contribution < 1.29 is 0 Å². The molecule has 0 unspecified atom stereocenters. The van der Waals surface area contributed by atoms with Gasteiger partial charge in [0.2, 0.25) is 0 Å². The fourth-order valence-electron chi connectivity index (χ4n) is 8.22. The van der Waals surface area contributed by atoms with Crippen LogP contribution in [0.5, 0.6) is 0 Å². The summed E-state index contributed by atoms with van der Waals surface area (Å²) >= 11 is 0. The molecule has 0 heterocycles. The number of hydrogen-bond donors (Lipinski definition) is 0.